The average molecular weight is 406 g/mol. The summed E-state index contributed by atoms with van der Waals surface area (Å²) in [6, 6.07) is 12.5. The Hall–Kier alpha value is -2.58. The van der Waals surface area contributed by atoms with Gasteiger partial charge >= 0.3 is 0 Å². The van der Waals surface area contributed by atoms with Crippen molar-refractivity contribution in [3.8, 4) is 6.07 Å². The van der Waals surface area contributed by atoms with Crippen LogP contribution in [0.2, 0.25) is 0 Å². The molecule has 4 rings (SSSR count). The number of para-hydroxylation sites is 1. The minimum atomic E-state index is -0.0862. The molecule has 1 amide bonds. The number of nitrogens with one attached hydrogen (secondary N) is 1. The predicted molar refractivity (Wildman–Crippen MR) is 119 cm³/mol. The van der Waals surface area contributed by atoms with Gasteiger partial charge in [-0.3, -0.25) is 4.79 Å². The molecule has 1 N–H and O–H groups in total. The molecule has 2 aromatic heterocycles. The van der Waals surface area contributed by atoms with Gasteiger partial charge < -0.3 is 9.88 Å². The summed E-state index contributed by atoms with van der Waals surface area (Å²) in [7, 11) is 0. The summed E-state index contributed by atoms with van der Waals surface area (Å²) in [4.78, 5) is 14.1. The number of nitrogens with zero attached hydrogens (tertiary/aromatic N) is 2. The molecule has 5 heteroatoms. The van der Waals surface area contributed by atoms with Crippen LogP contribution in [0.25, 0.3) is 10.9 Å². The SMILES string of the molecule is Cc1cc2ccccc2n1CC(=O)Nc1sc2c(c1C#N)CC[C@@H](C(C)(C)C)C2. The van der Waals surface area contributed by atoms with E-state index < -0.39 is 0 Å². The van der Waals surface area contributed by atoms with Crippen LogP contribution in [0.5, 0.6) is 0 Å². The monoisotopic (exact) mass is 405 g/mol. The van der Waals surface area contributed by atoms with Crippen LogP contribution in [0.15, 0.2) is 30.3 Å². The first-order valence-electron chi connectivity index (χ1n) is 10.2. The number of hydrogen-bond donors (Lipinski definition) is 1. The highest BCUT2D eigenvalue weighted by atomic mass is 32.1. The maximum Gasteiger partial charge on any atom is 0.244 e. The normalized spacial score (nSPS) is 16.4. The lowest BCUT2D eigenvalue weighted by atomic mass is 9.72. The third kappa shape index (κ3) is 3.70. The summed E-state index contributed by atoms with van der Waals surface area (Å²) >= 11 is 1.59. The smallest absolute Gasteiger partial charge is 0.244 e. The van der Waals surface area contributed by atoms with Crippen molar-refractivity contribution in [1.82, 2.24) is 4.57 Å². The number of carbonyl (C=O) groups is 1. The third-order valence-electron chi connectivity index (χ3n) is 6.17. The first-order chi connectivity index (χ1) is 13.8. The van der Waals surface area contributed by atoms with E-state index in [2.05, 4.69) is 44.3 Å². The van der Waals surface area contributed by atoms with Crippen molar-refractivity contribution in [3.05, 3.63) is 52.0 Å². The summed E-state index contributed by atoms with van der Waals surface area (Å²) in [5.41, 5.74) is 4.18. The summed E-state index contributed by atoms with van der Waals surface area (Å²) in [6.45, 7) is 9.12. The van der Waals surface area contributed by atoms with E-state index in [-0.39, 0.29) is 17.9 Å². The molecule has 0 aliphatic heterocycles. The fourth-order valence-electron chi connectivity index (χ4n) is 4.40. The Bertz CT molecular complexity index is 1120. The molecule has 0 radical (unpaired) electrons. The quantitative estimate of drug-likeness (QED) is 0.610. The molecule has 3 aromatic rings. The highest BCUT2D eigenvalue weighted by Gasteiger charge is 2.32. The number of aromatic nitrogens is 1. The van der Waals surface area contributed by atoms with Crippen LogP contribution in [0.3, 0.4) is 0 Å². The van der Waals surface area contributed by atoms with Crippen LogP contribution < -0.4 is 5.32 Å². The molecule has 29 heavy (non-hydrogen) atoms. The zero-order valence-electron chi connectivity index (χ0n) is 17.5. The Balaban J connectivity index is 1.57. The second kappa shape index (κ2) is 7.35. The molecule has 0 bridgehead atoms. The number of hydrogen-bond acceptors (Lipinski definition) is 3. The highest BCUT2D eigenvalue weighted by Crippen LogP contribution is 2.44. The summed E-state index contributed by atoms with van der Waals surface area (Å²) in [5, 5.41) is 14.6. The van der Waals surface area contributed by atoms with Gasteiger partial charge in [0, 0.05) is 16.1 Å². The van der Waals surface area contributed by atoms with Gasteiger partial charge in [-0.2, -0.15) is 5.26 Å². The minimum absolute atomic E-state index is 0.0862. The Morgan fingerprint density at radius 3 is 2.83 bits per heavy atom. The first-order valence-corrected chi connectivity index (χ1v) is 11.0. The predicted octanol–water partition coefficient (Wildman–Crippen LogP) is 5.67. The minimum Gasteiger partial charge on any atom is -0.335 e. The summed E-state index contributed by atoms with van der Waals surface area (Å²) in [6.07, 6.45) is 3.02. The fourth-order valence-corrected chi connectivity index (χ4v) is 5.69. The molecule has 150 valence electrons. The summed E-state index contributed by atoms with van der Waals surface area (Å²) in [5.74, 6) is 0.523. The van der Waals surface area contributed by atoms with Crippen LogP contribution in [0.4, 0.5) is 5.00 Å². The molecule has 0 unspecified atom stereocenters. The van der Waals surface area contributed by atoms with Crippen molar-refractivity contribution in [2.75, 3.05) is 5.32 Å². The van der Waals surface area contributed by atoms with Gasteiger partial charge in [0.15, 0.2) is 0 Å². The molecule has 1 aromatic carbocycles. The molecular formula is C24H27N3OS. The largest absolute Gasteiger partial charge is 0.335 e. The maximum absolute atomic E-state index is 12.8. The lowest BCUT2D eigenvalue weighted by molar-refractivity contribution is -0.116. The third-order valence-corrected chi connectivity index (χ3v) is 7.34. The number of thiophene rings is 1. The van der Waals surface area contributed by atoms with Crippen molar-refractivity contribution in [1.29, 1.82) is 5.26 Å². The van der Waals surface area contributed by atoms with E-state index in [4.69, 9.17) is 0 Å². The molecule has 1 atom stereocenters. The average Bonchev–Trinajstić information content (AvgIpc) is 3.17. The Morgan fingerprint density at radius 1 is 1.34 bits per heavy atom. The topological polar surface area (TPSA) is 57.8 Å². The number of benzene rings is 1. The highest BCUT2D eigenvalue weighted by molar-refractivity contribution is 7.16. The van der Waals surface area contributed by atoms with Crippen molar-refractivity contribution in [2.45, 2.75) is 53.5 Å². The van der Waals surface area contributed by atoms with Gasteiger partial charge in [0.2, 0.25) is 5.91 Å². The van der Waals surface area contributed by atoms with Crippen LogP contribution in [0.1, 0.15) is 48.9 Å². The molecule has 0 saturated heterocycles. The number of nitriles is 1. The lowest BCUT2D eigenvalue weighted by Crippen LogP contribution is -2.26. The molecule has 0 saturated carbocycles. The molecule has 0 fully saturated rings. The number of rotatable bonds is 3. The van der Waals surface area contributed by atoms with Crippen molar-refractivity contribution >= 4 is 33.1 Å². The fraction of sp³-hybridized carbons (Fsp3) is 0.417. The summed E-state index contributed by atoms with van der Waals surface area (Å²) < 4.78 is 2.03. The number of amides is 1. The van der Waals surface area contributed by atoms with E-state index in [1.54, 1.807) is 11.3 Å². The number of carbonyl (C=O) groups excluding carboxylic acids is 1. The van der Waals surface area contributed by atoms with Gasteiger partial charge in [0.05, 0.1) is 5.56 Å². The molecule has 4 nitrogen and oxygen atoms in total. The molecule has 2 heterocycles. The van der Waals surface area contributed by atoms with Gasteiger partial charge in [0.1, 0.15) is 17.6 Å². The maximum atomic E-state index is 12.8. The first kappa shape index (κ1) is 19.7. The van der Waals surface area contributed by atoms with E-state index >= 15 is 0 Å². The van der Waals surface area contributed by atoms with Gasteiger partial charge in [0.25, 0.3) is 0 Å². The zero-order chi connectivity index (χ0) is 20.8. The van der Waals surface area contributed by atoms with Crippen molar-refractivity contribution in [2.24, 2.45) is 11.3 Å². The Labute approximate surface area is 176 Å². The van der Waals surface area contributed by atoms with Crippen LogP contribution in [-0.2, 0) is 24.2 Å². The second-order valence-electron chi connectivity index (χ2n) is 9.10. The molecular weight excluding hydrogens is 378 g/mol. The van der Waals surface area contributed by atoms with Crippen molar-refractivity contribution < 1.29 is 4.79 Å². The molecule has 0 spiro atoms. The van der Waals surface area contributed by atoms with Crippen LogP contribution in [0, 0.1) is 29.6 Å². The van der Waals surface area contributed by atoms with Crippen LogP contribution in [-0.4, -0.2) is 10.5 Å². The molecule has 1 aliphatic rings. The van der Waals surface area contributed by atoms with Gasteiger partial charge in [-0.05, 0) is 60.6 Å². The van der Waals surface area contributed by atoms with Gasteiger partial charge in [-0.25, -0.2) is 0 Å². The van der Waals surface area contributed by atoms with E-state index in [9.17, 15) is 10.1 Å². The number of fused-ring (bicyclic) bond motifs is 2. The van der Waals surface area contributed by atoms with Crippen LogP contribution >= 0.6 is 11.3 Å². The number of aryl methyl sites for hydroxylation is 1. The van der Waals surface area contributed by atoms with E-state index in [1.807, 2.05) is 29.7 Å². The zero-order valence-corrected chi connectivity index (χ0v) is 18.3. The van der Waals surface area contributed by atoms with E-state index in [0.29, 0.717) is 16.5 Å². The van der Waals surface area contributed by atoms with Crippen molar-refractivity contribution in [3.63, 3.8) is 0 Å². The van der Waals surface area contributed by atoms with E-state index in [0.717, 1.165) is 41.4 Å². The number of anilines is 1. The van der Waals surface area contributed by atoms with Gasteiger partial charge in [-0.1, -0.05) is 39.0 Å². The van der Waals surface area contributed by atoms with Gasteiger partial charge in [-0.15, -0.1) is 11.3 Å². The lowest BCUT2D eigenvalue weighted by Gasteiger charge is -2.33. The second-order valence-corrected chi connectivity index (χ2v) is 10.2. The van der Waals surface area contributed by atoms with E-state index in [1.165, 1.54) is 4.88 Å². The Morgan fingerprint density at radius 2 is 2.10 bits per heavy atom. The Kier molecular flexibility index (Phi) is 5.00. The standard InChI is InChI=1S/C24H27N3OS/c1-15-11-16-7-5-6-8-20(16)27(15)14-22(28)26-23-19(13-25)18-10-9-17(24(2,3)4)12-21(18)29-23/h5-8,11,17H,9-10,12,14H2,1-4H3,(H,26,28)/t17-/m1/s1. The molecule has 1 aliphatic carbocycles.